The van der Waals surface area contributed by atoms with Crippen LogP contribution >= 0.6 is 0 Å². The first-order valence-electron chi connectivity index (χ1n) is 10.3. The molecule has 1 aliphatic rings. The van der Waals surface area contributed by atoms with Gasteiger partial charge in [-0.2, -0.15) is 0 Å². The number of carbonyl (C=O) groups excluding carboxylic acids is 1. The fourth-order valence-corrected chi connectivity index (χ4v) is 4.12. The Kier molecular flexibility index (Phi) is 6.73. The molecule has 1 aromatic carbocycles. The van der Waals surface area contributed by atoms with Crippen LogP contribution in [0, 0.1) is 12.8 Å². The fourth-order valence-electron chi connectivity index (χ4n) is 4.12. The maximum atomic E-state index is 12.7. The number of hydrogen-bond donors (Lipinski definition) is 1. The Bertz CT molecular complexity index is 752. The molecule has 1 unspecified atom stereocenters. The SMILES string of the molecule is CCc1ccc(C(=O)N(C)CC2CCCN(CCc3ccccc3C)C2)[nH]1. The van der Waals surface area contributed by atoms with Gasteiger partial charge in [0.05, 0.1) is 0 Å². The first-order chi connectivity index (χ1) is 13.1. The number of amides is 1. The lowest BCUT2D eigenvalue weighted by atomic mass is 9.96. The molecule has 4 heteroatoms. The van der Waals surface area contributed by atoms with Crippen molar-refractivity contribution in [2.24, 2.45) is 5.92 Å². The van der Waals surface area contributed by atoms with E-state index in [0.29, 0.717) is 11.6 Å². The third-order valence-corrected chi connectivity index (χ3v) is 5.80. The van der Waals surface area contributed by atoms with E-state index < -0.39 is 0 Å². The molecule has 1 amide bonds. The lowest BCUT2D eigenvalue weighted by Crippen LogP contribution is -2.42. The van der Waals surface area contributed by atoms with E-state index in [4.69, 9.17) is 0 Å². The number of nitrogens with zero attached hydrogens (tertiary/aromatic N) is 2. The van der Waals surface area contributed by atoms with Gasteiger partial charge < -0.3 is 14.8 Å². The normalized spacial score (nSPS) is 17.8. The highest BCUT2D eigenvalue weighted by molar-refractivity contribution is 5.92. The first kappa shape index (κ1) is 19.7. The van der Waals surface area contributed by atoms with Gasteiger partial charge in [0, 0.05) is 32.4 Å². The average Bonchev–Trinajstić information content (AvgIpc) is 3.16. The molecule has 27 heavy (non-hydrogen) atoms. The third kappa shape index (κ3) is 5.23. The number of benzene rings is 1. The van der Waals surface area contributed by atoms with Crippen molar-refractivity contribution >= 4 is 5.91 Å². The highest BCUT2D eigenvalue weighted by Gasteiger charge is 2.23. The minimum atomic E-state index is 0.103. The Morgan fingerprint density at radius 1 is 1.26 bits per heavy atom. The Labute approximate surface area is 163 Å². The highest BCUT2D eigenvalue weighted by Crippen LogP contribution is 2.19. The van der Waals surface area contributed by atoms with Crippen LogP contribution in [0.25, 0.3) is 0 Å². The van der Waals surface area contributed by atoms with Crippen LogP contribution in [0.2, 0.25) is 0 Å². The topological polar surface area (TPSA) is 39.3 Å². The number of aryl methyl sites for hydroxylation is 2. The summed E-state index contributed by atoms with van der Waals surface area (Å²) >= 11 is 0. The van der Waals surface area contributed by atoms with Gasteiger partial charge in [0.15, 0.2) is 0 Å². The zero-order valence-corrected chi connectivity index (χ0v) is 17.0. The average molecular weight is 368 g/mol. The Morgan fingerprint density at radius 3 is 2.81 bits per heavy atom. The molecule has 2 aromatic rings. The molecular weight excluding hydrogens is 334 g/mol. The van der Waals surface area contributed by atoms with Crippen LogP contribution in [0.4, 0.5) is 0 Å². The van der Waals surface area contributed by atoms with Gasteiger partial charge in [0.1, 0.15) is 5.69 Å². The maximum Gasteiger partial charge on any atom is 0.270 e. The van der Waals surface area contributed by atoms with Crippen LogP contribution in [0.1, 0.15) is 47.1 Å². The predicted molar refractivity (Wildman–Crippen MR) is 111 cm³/mol. The number of H-pyrrole nitrogens is 1. The summed E-state index contributed by atoms with van der Waals surface area (Å²) in [5.74, 6) is 0.664. The van der Waals surface area contributed by atoms with Crippen LogP contribution in [0.5, 0.6) is 0 Å². The van der Waals surface area contributed by atoms with Crippen molar-refractivity contribution in [2.45, 2.75) is 39.5 Å². The Hall–Kier alpha value is -2.07. The van der Waals surface area contributed by atoms with E-state index in [1.165, 1.54) is 30.5 Å². The van der Waals surface area contributed by atoms with Crippen LogP contribution in [-0.4, -0.2) is 53.9 Å². The monoisotopic (exact) mass is 367 g/mol. The van der Waals surface area contributed by atoms with Gasteiger partial charge in [-0.25, -0.2) is 0 Å². The van der Waals surface area contributed by atoms with Crippen LogP contribution in [0.15, 0.2) is 36.4 Å². The lowest BCUT2D eigenvalue weighted by molar-refractivity contribution is 0.0725. The maximum absolute atomic E-state index is 12.7. The number of aromatic nitrogens is 1. The van der Waals surface area contributed by atoms with E-state index in [1.54, 1.807) is 0 Å². The zero-order valence-electron chi connectivity index (χ0n) is 17.0. The lowest BCUT2D eigenvalue weighted by Gasteiger charge is -2.34. The molecular formula is C23H33N3O. The minimum Gasteiger partial charge on any atom is -0.354 e. The fraction of sp³-hybridized carbons (Fsp3) is 0.522. The van der Waals surface area contributed by atoms with Gasteiger partial charge >= 0.3 is 0 Å². The largest absolute Gasteiger partial charge is 0.354 e. The number of nitrogens with one attached hydrogen (secondary N) is 1. The summed E-state index contributed by atoms with van der Waals surface area (Å²) in [4.78, 5) is 20.4. The second kappa shape index (κ2) is 9.23. The molecule has 1 aromatic heterocycles. The van der Waals surface area contributed by atoms with Crippen LogP contribution < -0.4 is 0 Å². The summed E-state index contributed by atoms with van der Waals surface area (Å²) in [6.45, 7) is 8.50. The van der Waals surface area contributed by atoms with Crippen molar-refractivity contribution in [3.63, 3.8) is 0 Å². The van der Waals surface area contributed by atoms with E-state index in [0.717, 1.165) is 38.2 Å². The van der Waals surface area contributed by atoms with E-state index in [2.05, 4.69) is 48.0 Å². The molecule has 1 fully saturated rings. The van der Waals surface area contributed by atoms with Crippen molar-refractivity contribution in [3.8, 4) is 0 Å². The second-order valence-corrected chi connectivity index (χ2v) is 7.92. The number of piperidine rings is 1. The van der Waals surface area contributed by atoms with Crippen molar-refractivity contribution in [1.29, 1.82) is 0 Å². The standard InChI is InChI=1S/C23H33N3O/c1-4-21-11-12-22(24-21)23(27)25(3)16-19-9-7-14-26(17-19)15-13-20-10-6-5-8-18(20)2/h5-6,8,10-12,19,24H,4,7,9,13-17H2,1-3H3. The molecule has 0 spiro atoms. The van der Waals surface area contributed by atoms with E-state index in [-0.39, 0.29) is 5.91 Å². The van der Waals surface area contributed by atoms with Crippen molar-refractivity contribution in [2.75, 3.05) is 33.2 Å². The molecule has 146 valence electrons. The third-order valence-electron chi connectivity index (χ3n) is 5.80. The van der Waals surface area contributed by atoms with E-state index in [9.17, 15) is 4.79 Å². The number of likely N-dealkylation sites (tertiary alicyclic amines) is 1. The summed E-state index contributed by atoms with van der Waals surface area (Å²) in [7, 11) is 1.93. The second-order valence-electron chi connectivity index (χ2n) is 7.92. The molecule has 1 aliphatic heterocycles. The number of hydrogen-bond acceptors (Lipinski definition) is 2. The summed E-state index contributed by atoms with van der Waals surface area (Å²) in [6, 6.07) is 12.6. The first-order valence-corrected chi connectivity index (χ1v) is 10.3. The Balaban J connectivity index is 1.50. The summed E-state index contributed by atoms with van der Waals surface area (Å²) < 4.78 is 0. The number of rotatable bonds is 7. The van der Waals surface area contributed by atoms with E-state index >= 15 is 0 Å². The van der Waals surface area contributed by atoms with Gasteiger partial charge in [-0.05, 0) is 68.3 Å². The molecule has 1 saturated heterocycles. The predicted octanol–water partition coefficient (Wildman–Crippen LogP) is 3.91. The van der Waals surface area contributed by atoms with Crippen LogP contribution in [-0.2, 0) is 12.8 Å². The van der Waals surface area contributed by atoms with Crippen molar-refractivity contribution in [1.82, 2.24) is 14.8 Å². The molecule has 3 rings (SSSR count). The highest BCUT2D eigenvalue weighted by atomic mass is 16.2. The van der Waals surface area contributed by atoms with Gasteiger partial charge in [-0.3, -0.25) is 4.79 Å². The summed E-state index contributed by atoms with van der Waals surface area (Å²) in [5, 5.41) is 0. The summed E-state index contributed by atoms with van der Waals surface area (Å²) in [6.07, 6.45) is 4.47. The molecule has 0 aliphatic carbocycles. The molecule has 1 atom stereocenters. The molecule has 0 bridgehead atoms. The molecule has 2 heterocycles. The summed E-state index contributed by atoms with van der Waals surface area (Å²) in [5.41, 5.74) is 4.66. The molecule has 0 radical (unpaired) electrons. The van der Waals surface area contributed by atoms with E-state index in [1.807, 2.05) is 24.1 Å². The number of aromatic amines is 1. The smallest absolute Gasteiger partial charge is 0.270 e. The minimum absolute atomic E-state index is 0.103. The quantitative estimate of drug-likeness (QED) is 0.806. The van der Waals surface area contributed by atoms with Gasteiger partial charge in [-0.1, -0.05) is 31.2 Å². The van der Waals surface area contributed by atoms with Gasteiger partial charge in [0.2, 0.25) is 0 Å². The number of carbonyl (C=O) groups is 1. The molecule has 0 saturated carbocycles. The van der Waals surface area contributed by atoms with Crippen LogP contribution in [0.3, 0.4) is 0 Å². The van der Waals surface area contributed by atoms with Crippen molar-refractivity contribution in [3.05, 3.63) is 58.9 Å². The zero-order chi connectivity index (χ0) is 19.2. The van der Waals surface area contributed by atoms with Gasteiger partial charge in [-0.15, -0.1) is 0 Å². The molecule has 4 nitrogen and oxygen atoms in total. The molecule has 1 N–H and O–H groups in total. The Morgan fingerprint density at radius 2 is 2.07 bits per heavy atom. The van der Waals surface area contributed by atoms with Crippen molar-refractivity contribution < 1.29 is 4.79 Å². The van der Waals surface area contributed by atoms with Gasteiger partial charge in [0.25, 0.3) is 5.91 Å².